The summed E-state index contributed by atoms with van der Waals surface area (Å²) in [6.45, 7) is 5.01. The number of carboxylic acid groups (broad SMARTS) is 1. The van der Waals surface area contributed by atoms with Gasteiger partial charge in [0.05, 0.1) is 5.92 Å². The number of amides is 2. The van der Waals surface area contributed by atoms with E-state index >= 15 is 0 Å². The van der Waals surface area contributed by atoms with Gasteiger partial charge in [-0.2, -0.15) is 0 Å². The summed E-state index contributed by atoms with van der Waals surface area (Å²) in [5.74, 6) is -0.539. The number of urea groups is 1. The lowest BCUT2D eigenvalue weighted by atomic mass is 9.94. The van der Waals surface area contributed by atoms with Crippen LogP contribution in [0.4, 0.5) is 4.79 Å². The Bertz CT molecular complexity index is 315. The van der Waals surface area contributed by atoms with Gasteiger partial charge in [0.2, 0.25) is 0 Å². The molecule has 0 aromatic rings. The van der Waals surface area contributed by atoms with E-state index in [1.165, 1.54) is 12.8 Å². The van der Waals surface area contributed by atoms with Gasteiger partial charge in [0, 0.05) is 13.1 Å². The Hall–Kier alpha value is -1.30. The van der Waals surface area contributed by atoms with Gasteiger partial charge >= 0.3 is 12.0 Å². The van der Waals surface area contributed by atoms with Crippen molar-refractivity contribution in [3.05, 3.63) is 0 Å². The van der Waals surface area contributed by atoms with Crippen LogP contribution in [0.3, 0.4) is 0 Å². The molecule has 6 nitrogen and oxygen atoms in total. The van der Waals surface area contributed by atoms with Crippen LogP contribution in [-0.4, -0.2) is 55.2 Å². The highest BCUT2D eigenvalue weighted by Crippen LogP contribution is 2.18. The quantitative estimate of drug-likeness (QED) is 0.655. The molecule has 20 heavy (non-hydrogen) atoms. The fourth-order valence-corrected chi connectivity index (χ4v) is 2.33. The van der Waals surface area contributed by atoms with Crippen molar-refractivity contribution in [3.63, 3.8) is 0 Å². The van der Waals surface area contributed by atoms with E-state index in [0.29, 0.717) is 25.4 Å². The van der Waals surface area contributed by atoms with Crippen molar-refractivity contribution in [2.75, 3.05) is 33.2 Å². The van der Waals surface area contributed by atoms with Gasteiger partial charge in [0.1, 0.15) is 0 Å². The Labute approximate surface area is 120 Å². The first-order valence-corrected chi connectivity index (χ1v) is 7.42. The maximum absolute atomic E-state index is 11.5. The molecule has 1 heterocycles. The lowest BCUT2D eigenvalue weighted by molar-refractivity contribution is -0.141. The summed E-state index contributed by atoms with van der Waals surface area (Å²) in [6, 6.07) is -0.199. The normalized spacial score (nSPS) is 18.5. The maximum Gasteiger partial charge on any atom is 0.314 e. The van der Waals surface area contributed by atoms with Gasteiger partial charge in [-0.05, 0) is 51.7 Å². The smallest absolute Gasteiger partial charge is 0.314 e. The maximum atomic E-state index is 11.5. The molecule has 3 N–H and O–H groups in total. The van der Waals surface area contributed by atoms with E-state index in [9.17, 15) is 9.59 Å². The average molecular weight is 285 g/mol. The fourth-order valence-electron chi connectivity index (χ4n) is 2.33. The number of carbonyl (C=O) groups excluding carboxylic acids is 1. The number of nitrogens with zero attached hydrogens (tertiary/aromatic N) is 1. The van der Waals surface area contributed by atoms with Gasteiger partial charge in [0.25, 0.3) is 0 Å². The van der Waals surface area contributed by atoms with Crippen LogP contribution in [0.15, 0.2) is 0 Å². The Morgan fingerprint density at radius 1 is 1.25 bits per heavy atom. The van der Waals surface area contributed by atoms with Crippen LogP contribution < -0.4 is 10.6 Å². The van der Waals surface area contributed by atoms with E-state index in [1.807, 2.05) is 0 Å². The van der Waals surface area contributed by atoms with Crippen LogP contribution in [0.25, 0.3) is 0 Å². The van der Waals surface area contributed by atoms with Gasteiger partial charge in [-0.1, -0.05) is 6.92 Å². The topological polar surface area (TPSA) is 81.7 Å². The molecule has 1 aliphatic heterocycles. The van der Waals surface area contributed by atoms with Crippen molar-refractivity contribution in [1.29, 1.82) is 0 Å². The number of nitrogens with one attached hydrogen (secondary N) is 2. The number of aliphatic carboxylic acids is 1. The summed E-state index contributed by atoms with van der Waals surface area (Å²) in [6.07, 6.45) is 3.89. The number of carbonyl (C=O) groups is 2. The standard InChI is InChI=1S/C14H27N3O3/c1-11(13(18)19)3-7-15-14(20)16-8-4-12-5-9-17(2)10-6-12/h11-12H,3-10H2,1-2H3,(H,18,19)(H2,15,16,20). The lowest BCUT2D eigenvalue weighted by Crippen LogP contribution is -2.38. The van der Waals surface area contributed by atoms with E-state index in [4.69, 9.17) is 5.11 Å². The largest absolute Gasteiger partial charge is 0.481 e. The van der Waals surface area contributed by atoms with E-state index in [0.717, 1.165) is 19.5 Å². The molecule has 2 amide bonds. The van der Waals surface area contributed by atoms with Crippen molar-refractivity contribution in [2.24, 2.45) is 11.8 Å². The average Bonchev–Trinajstić information content (AvgIpc) is 2.40. The molecule has 0 aromatic carbocycles. The SMILES string of the molecule is CC(CCNC(=O)NCCC1CCN(C)CC1)C(=O)O. The van der Waals surface area contributed by atoms with Gasteiger partial charge < -0.3 is 20.6 Å². The molecule has 0 aromatic heterocycles. The molecule has 0 aliphatic carbocycles. The number of likely N-dealkylation sites (tertiary alicyclic amines) is 1. The Kier molecular flexibility index (Phi) is 7.36. The van der Waals surface area contributed by atoms with Crippen LogP contribution in [0.1, 0.15) is 32.6 Å². The highest BCUT2D eigenvalue weighted by atomic mass is 16.4. The molecule has 0 spiro atoms. The molecule has 0 saturated carbocycles. The monoisotopic (exact) mass is 285 g/mol. The minimum absolute atomic E-state index is 0.199. The van der Waals surface area contributed by atoms with Gasteiger partial charge in [-0.25, -0.2) is 4.79 Å². The van der Waals surface area contributed by atoms with E-state index in [-0.39, 0.29) is 6.03 Å². The van der Waals surface area contributed by atoms with Crippen molar-refractivity contribution >= 4 is 12.0 Å². The molecule has 0 bridgehead atoms. The Morgan fingerprint density at radius 3 is 2.45 bits per heavy atom. The molecule has 0 radical (unpaired) electrons. The second-order valence-corrected chi connectivity index (χ2v) is 5.75. The van der Waals surface area contributed by atoms with Crippen LogP contribution in [-0.2, 0) is 4.79 Å². The molecular weight excluding hydrogens is 258 g/mol. The molecule has 116 valence electrons. The predicted molar refractivity (Wildman–Crippen MR) is 77.7 cm³/mol. The highest BCUT2D eigenvalue weighted by Gasteiger charge is 2.16. The molecule has 1 saturated heterocycles. The van der Waals surface area contributed by atoms with E-state index in [1.54, 1.807) is 6.92 Å². The molecule has 1 aliphatic rings. The molecule has 1 atom stereocenters. The second kappa shape index (κ2) is 8.79. The van der Waals surface area contributed by atoms with Gasteiger partial charge in [-0.3, -0.25) is 4.79 Å². The Morgan fingerprint density at radius 2 is 1.85 bits per heavy atom. The van der Waals surface area contributed by atoms with Gasteiger partial charge in [0.15, 0.2) is 0 Å². The first kappa shape index (κ1) is 16.8. The summed E-state index contributed by atoms with van der Waals surface area (Å²) in [5, 5.41) is 14.2. The summed E-state index contributed by atoms with van der Waals surface area (Å²) < 4.78 is 0. The van der Waals surface area contributed by atoms with Crippen molar-refractivity contribution in [3.8, 4) is 0 Å². The molecule has 1 rings (SSSR count). The minimum atomic E-state index is -0.825. The van der Waals surface area contributed by atoms with E-state index < -0.39 is 11.9 Å². The van der Waals surface area contributed by atoms with Crippen LogP contribution in [0.5, 0.6) is 0 Å². The number of piperidine rings is 1. The number of carboxylic acids is 1. The third kappa shape index (κ3) is 6.75. The zero-order chi connectivity index (χ0) is 15.0. The van der Waals surface area contributed by atoms with Crippen molar-refractivity contribution in [2.45, 2.75) is 32.6 Å². The first-order chi connectivity index (χ1) is 9.49. The Balaban J connectivity index is 2.01. The minimum Gasteiger partial charge on any atom is -0.481 e. The molecular formula is C14H27N3O3. The van der Waals surface area contributed by atoms with Gasteiger partial charge in [-0.15, -0.1) is 0 Å². The predicted octanol–water partition coefficient (Wildman–Crippen LogP) is 1.13. The number of hydrogen-bond donors (Lipinski definition) is 3. The van der Waals surface area contributed by atoms with Crippen molar-refractivity contribution in [1.82, 2.24) is 15.5 Å². The molecule has 1 unspecified atom stereocenters. The third-order valence-corrected chi connectivity index (χ3v) is 3.96. The zero-order valence-corrected chi connectivity index (χ0v) is 12.5. The summed E-state index contributed by atoms with van der Waals surface area (Å²) >= 11 is 0. The number of rotatable bonds is 7. The van der Waals surface area contributed by atoms with Crippen LogP contribution in [0, 0.1) is 11.8 Å². The van der Waals surface area contributed by atoms with Crippen LogP contribution in [0.2, 0.25) is 0 Å². The van der Waals surface area contributed by atoms with E-state index in [2.05, 4.69) is 22.6 Å². The fraction of sp³-hybridized carbons (Fsp3) is 0.857. The highest BCUT2D eigenvalue weighted by molar-refractivity contribution is 5.74. The van der Waals surface area contributed by atoms with Crippen molar-refractivity contribution < 1.29 is 14.7 Å². The third-order valence-electron chi connectivity index (χ3n) is 3.96. The summed E-state index contributed by atoms with van der Waals surface area (Å²) in [5.41, 5.74) is 0. The molecule has 1 fully saturated rings. The summed E-state index contributed by atoms with van der Waals surface area (Å²) in [4.78, 5) is 24.5. The zero-order valence-electron chi connectivity index (χ0n) is 12.5. The first-order valence-electron chi connectivity index (χ1n) is 7.42. The van der Waals surface area contributed by atoms with Crippen LogP contribution >= 0.6 is 0 Å². The second-order valence-electron chi connectivity index (χ2n) is 5.75. The lowest BCUT2D eigenvalue weighted by Gasteiger charge is -2.28. The summed E-state index contributed by atoms with van der Waals surface area (Å²) in [7, 11) is 2.14. The molecule has 6 heteroatoms. The number of hydrogen-bond acceptors (Lipinski definition) is 3.